The molecule has 1 fully saturated rings. The summed E-state index contributed by atoms with van der Waals surface area (Å²) < 4.78 is 21.0. The van der Waals surface area contributed by atoms with Crippen molar-refractivity contribution in [2.75, 3.05) is 26.1 Å². The molecule has 2 aliphatic carbocycles. The summed E-state index contributed by atoms with van der Waals surface area (Å²) in [6.07, 6.45) is 12.0. The smallest absolute Gasteiger partial charge is 0.231 e. The molecule has 7 rings (SSSR count). The van der Waals surface area contributed by atoms with E-state index in [1.807, 2.05) is 42.5 Å². The molecule has 1 heterocycles. The Kier molecular flexibility index (Phi) is 14.0. The average Bonchev–Trinajstić information content (AvgIpc) is 3.23. The van der Waals surface area contributed by atoms with E-state index in [1.54, 1.807) is 29.6 Å². The molecule has 0 spiro atoms. The lowest BCUT2D eigenvalue weighted by atomic mass is 9.56. The van der Waals surface area contributed by atoms with E-state index in [0.29, 0.717) is 19.6 Å². The quantitative estimate of drug-likeness (QED) is 0.0420. The molecule has 0 bridgehead atoms. The van der Waals surface area contributed by atoms with E-state index in [4.69, 9.17) is 24.2 Å². The second-order valence-corrected chi connectivity index (χ2v) is 16.9. The van der Waals surface area contributed by atoms with Crippen LogP contribution < -0.4 is 9.47 Å². The Labute approximate surface area is 340 Å². The predicted octanol–water partition coefficient (Wildman–Crippen LogP) is 10.8. The van der Waals surface area contributed by atoms with Crippen LogP contribution in [0, 0.1) is 17.8 Å². The third-order valence-corrected chi connectivity index (χ3v) is 13.3. The lowest BCUT2D eigenvalue weighted by Gasteiger charge is -2.58. The summed E-state index contributed by atoms with van der Waals surface area (Å²) in [5.74, 6) is 1.40. The van der Waals surface area contributed by atoms with Crippen molar-refractivity contribution in [2.45, 2.75) is 78.3 Å². The molecule has 6 atom stereocenters. The molecule has 6 unspecified atom stereocenters. The zero-order valence-electron chi connectivity index (χ0n) is 32.1. The van der Waals surface area contributed by atoms with E-state index < -0.39 is 5.79 Å². The summed E-state index contributed by atoms with van der Waals surface area (Å²) in [6, 6.07) is 35.0. The van der Waals surface area contributed by atoms with Gasteiger partial charge in [-0.3, -0.25) is 0 Å². The van der Waals surface area contributed by atoms with Gasteiger partial charge in [-0.15, -0.1) is 30.1 Å². The van der Waals surface area contributed by atoms with Crippen molar-refractivity contribution in [3.63, 3.8) is 0 Å². The number of aliphatic hydroxyl groups excluding tert-OH is 2. The Morgan fingerprint density at radius 2 is 1.57 bits per heavy atom. The number of benzene rings is 4. The van der Waals surface area contributed by atoms with Crippen LogP contribution in [0.1, 0.15) is 62.0 Å². The topological polar surface area (TPSA) is 89.7 Å². The largest absolute Gasteiger partial charge is 0.460 e. The Hall–Kier alpha value is -3.99. The maximum atomic E-state index is 9.94. The molecule has 9 heteroatoms. The molecule has 1 aliphatic heterocycles. The first kappa shape index (κ1) is 40.2. The van der Waals surface area contributed by atoms with Gasteiger partial charge in [0.15, 0.2) is 0 Å². The van der Waals surface area contributed by atoms with Gasteiger partial charge in [-0.1, -0.05) is 78.7 Å². The van der Waals surface area contributed by atoms with Crippen molar-refractivity contribution in [2.24, 2.45) is 22.9 Å². The molecule has 0 aromatic heterocycles. The van der Waals surface area contributed by atoms with Gasteiger partial charge in [0.05, 0.1) is 23.5 Å². The molecule has 3 aliphatic rings. The van der Waals surface area contributed by atoms with Gasteiger partial charge in [0, 0.05) is 40.9 Å². The van der Waals surface area contributed by atoms with Gasteiger partial charge >= 0.3 is 0 Å². The van der Waals surface area contributed by atoms with Gasteiger partial charge in [-0.25, -0.2) is 0 Å². The van der Waals surface area contributed by atoms with Crippen molar-refractivity contribution in [3.05, 3.63) is 139 Å². The van der Waals surface area contributed by atoms with Crippen molar-refractivity contribution in [1.29, 1.82) is 0 Å². The minimum Gasteiger partial charge on any atom is -0.460 e. The molecule has 56 heavy (non-hydrogen) atoms. The summed E-state index contributed by atoms with van der Waals surface area (Å²) >= 11 is 3.46. The number of oxime groups is 1. The van der Waals surface area contributed by atoms with Crippen LogP contribution in [0.4, 0.5) is 0 Å². The molecule has 1 saturated carbocycles. The number of unbranched alkanes of at least 4 members (excludes halogenated alkanes) is 2. The average molecular weight is 792 g/mol. The molecule has 2 N–H and O–H groups in total. The van der Waals surface area contributed by atoms with Gasteiger partial charge in [-0.2, -0.15) is 0 Å². The summed E-state index contributed by atoms with van der Waals surface area (Å²) in [5, 5.41) is 24.6. The van der Waals surface area contributed by atoms with Crippen LogP contribution in [0.3, 0.4) is 0 Å². The van der Waals surface area contributed by atoms with Crippen molar-refractivity contribution in [3.8, 4) is 17.2 Å². The first-order valence-electron chi connectivity index (χ1n) is 19.8. The maximum Gasteiger partial charge on any atom is 0.231 e. The Morgan fingerprint density at radius 3 is 2.29 bits per heavy atom. The second kappa shape index (κ2) is 19.4. The highest BCUT2D eigenvalue weighted by atomic mass is 32.2. The van der Waals surface area contributed by atoms with Crippen LogP contribution in [-0.4, -0.2) is 53.0 Å². The van der Waals surface area contributed by atoms with Crippen LogP contribution in [0.2, 0.25) is 0 Å². The standard InChI is InChI=1S/C47H53NO6S2/c1-3-28-51-47-44(56-38-17-8-5-9-18-38)31-42(48-52-32-33-14-6-4-7-15-33)40-29-34(16-10-12-26-49)39(19-11-13-27-50)45(46(40)47)41-30-36(22-25-43(41)54-47)53-35-20-23-37(55-2)24-21-35/h3-9,14-15,17-18,20-25,29-30,34,39,44-46,49-50H,1,10-13,16,19,26-28,31-32H2,2H3. The molecule has 0 amide bonds. The molecule has 4 aromatic rings. The molecule has 0 radical (unpaired) electrons. The van der Waals surface area contributed by atoms with Gasteiger partial charge in [0.2, 0.25) is 5.79 Å². The van der Waals surface area contributed by atoms with Gasteiger partial charge < -0.3 is 29.3 Å². The number of ether oxygens (including phenoxy) is 3. The van der Waals surface area contributed by atoms with Gasteiger partial charge in [0.25, 0.3) is 0 Å². The fourth-order valence-electron chi connectivity index (χ4n) is 8.69. The Bertz CT molecular complexity index is 1940. The van der Waals surface area contributed by atoms with Crippen LogP contribution >= 0.6 is 23.5 Å². The summed E-state index contributed by atoms with van der Waals surface area (Å²) in [4.78, 5) is 8.51. The number of hydrogen-bond donors (Lipinski definition) is 2. The molecule has 294 valence electrons. The number of allylic oxidation sites excluding steroid dienone is 1. The van der Waals surface area contributed by atoms with Crippen LogP contribution in [0.25, 0.3) is 0 Å². The lowest BCUT2D eigenvalue weighted by molar-refractivity contribution is -0.223. The van der Waals surface area contributed by atoms with Crippen LogP contribution in [0.15, 0.2) is 142 Å². The van der Waals surface area contributed by atoms with Crippen LogP contribution in [-0.2, 0) is 16.2 Å². The Morgan fingerprint density at radius 1 is 0.857 bits per heavy atom. The lowest BCUT2D eigenvalue weighted by Crippen LogP contribution is -2.64. The summed E-state index contributed by atoms with van der Waals surface area (Å²) in [5.41, 5.74) is 4.16. The molecular formula is C47H53NO6S2. The zero-order valence-corrected chi connectivity index (χ0v) is 33.8. The van der Waals surface area contributed by atoms with Crippen molar-refractivity contribution in [1.82, 2.24) is 0 Å². The molecule has 0 saturated heterocycles. The highest BCUT2D eigenvalue weighted by Crippen LogP contribution is 2.63. The third kappa shape index (κ3) is 9.08. The SMILES string of the molecule is C=CCOC12Oc3ccc(Oc4ccc(SC)cc4)cc3C3C(CCCCO)C(CCCCO)C=C(C(=NOCc4ccccc4)CC1Sc1ccccc1)C32. The van der Waals surface area contributed by atoms with E-state index in [0.717, 1.165) is 83.1 Å². The van der Waals surface area contributed by atoms with E-state index in [-0.39, 0.29) is 42.1 Å². The second-order valence-electron chi connectivity index (χ2n) is 14.7. The number of rotatable bonds is 19. The van der Waals surface area contributed by atoms with E-state index in [9.17, 15) is 10.2 Å². The van der Waals surface area contributed by atoms with Crippen molar-refractivity contribution < 1.29 is 29.3 Å². The number of nitrogens with zero attached hydrogens (tertiary/aromatic N) is 1. The zero-order chi connectivity index (χ0) is 38.7. The van der Waals surface area contributed by atoms with Gasteiger partial charge in [0.1, 0.15) is 23.9 Å². The fraction of sp³-hybridized carbons (Fsp3) is 0.383. The fourth-order valence-corrected chi connectivity index (χ4v) is 10.4. The monoisotopic (exact) mass is 791 g/mol. The highest BCUT2D eigenvalue weighted by Gasteiger charge is 2.64. The first-order chi connectivity index (χ1) is 27.6. The minimum absolute atomic E-state index is 0.0256. The summed E-state index contributed by atoms with van der Waals surface area (Å²) in [6.45, 7) is 5.06. The third-order valence-electron chi connectivity index (χ3n) is 11.2. The van der Waals surface area contributed by atoms with Crippen molar-refractivity contribution >= 4 is 29.2 Å². The number of hydrogen-bond acceptors (Lipinski definition) is 9. The predicted molar refractivity (Wildman–Crippen MR) is 227 cm³/mol. The Balaban J connectivity index is 1.39. The van der Waals surface area contributed by atoms with Gasteiger partial charge in [-0.05, 0) is 110 Å². The van der Waals surface area contributed by atoms with Crippen LogP contribution in [0.5, 0.6) is 17.2 Å². The molecular weight excluding hydrogens is 739 g/mol. The minimum atomic E-state index is -1.06. The number of thioether (sulfide) groups is 2. The van der Waals surface area contributed by atoms with E-state index >= 15 is 0 Å². The van der Waals surface area contributed by atoms with E-state index in [2.05, 4.69) is 79.6 Å². The summed E-state index contributed by atoms with van der Waals surface area (Å²) in [7, 11) is 0. The number of fused-ring (bicyclic) bond motifs is 2. The number of aliphatic hydroxyl groups is 2. The normalized spacial score (nSPS) is 24.4. The van der Waals surface area contributed by atoms with E-state index in [1.165, 1.54) is 4.90 Å². The molecule has 4 aromatic carbocycles. The first-order valence-corrected chi connectivity index (χ1v) is 21.9. The maximum absolute atomic E-state index is 9.94. The molecule has 7 nitrogen and oxygen atoms in total. The highest BCUT2D eigenvalue weighted by molar-refractivity contribution is 8.00.